The van der Waals surface area contributed by atoms with Crippen molar-refractivity contribution in [3.8, 4) is 17.2 Å². The zero-order chi connectivity index (χ0) is 33.1. The first-order valence-electron chi connectivity index (χ1n) is 14.3. The van der Waals surface area contributed by atoms with E-state index in [1.165, 1.54) is 60.7 Å². The van der Waals surface area contributed by atoms with Gasteiger partial charge in [0, 0.05) is 10.0 Å². The number of rotatable bonds is 9. The number of Topliss-reactive ketones (excluding diaryl/α,β-unsaturated/α-hetero) is 1. The number of carbonyl (C=O) groups excluding carboxylic acids is 5. The Kier molecular flexibility index (Phi) is 8.77. The van der Waals surface area contributed by atoms with Crippen LogP contribution in [0.15, 0.2) is 120 Å². The lowest BCUT2D eigenvalue weighted by molar-refractivity contribution is 0.0474. The molecule has 47 heavy (non-hydrogen) atoms. The van der Waals surface area contributed by atoms with Crippen molar-refractivity contribution in [2.75, 3.05) is 11.5 Å². The van der Waals surface area contributed by atoms with Crippen molar-refractivity contribution >= 4 is 51.2 Å². The van der Waals surface area contributed by atoms with Crippen LogP contribution in [0.1, 0.15) is 57.4 Å². The van der Waals surface area contributed by atoms with Crippen LogP contribution in [0, 0.1) is 6.92 Å². The Labute approximate surface area is 277 Å². The maximum atomic E-state index is 13.2. The SMILES string of the molecule is Cc1ccc(C(=O)Oc2ccc(C(=O)COC(=O)c3ccc(N4C(=O)c5ccc(Oc6ccc(Br)cc6)cc5C4=O)cc3)cc2)cc1. The highest BCUT2D eigenvalue weighted by molar-refractivity contribution is 9.10. The molecule has 5 aromatic rings. The first-order valence-corrected chi connectivity index (χ1v) is 15.1. The van der Waals surface area contributed by atoms with Crippen LogP contribution >= 0.6 is 15.9 Å². The summed E-state index contributed by atoms with van der Waals surface area (Å²) < 4.78 is 17.3. The average molecular weight is 691 g/mol. The highest BCUT2D eigenvalue weighted by atomic mass is 79.9. The summed E-state index contributed by atoms with van der Waals surface area (Å²) in [5, 5.41) is 0. The number of aryl methyl sites for hydroxylation is 1. The largest absolute Gasteiger partial charge is 0.457 e. The Morgan fingerprint density at radius 2 is 1.17 bits per heavy atom. The van der Waals surface area contributed by atoms with Crippen molar-refractivity contribution in [3.05, 3.63) is 153 Å². The van der Waals surface area contributed by atoms with Gasteiger partial charge in [-0.3, -0.25) is 14.4 Å². The lowest BCUT2D eigenvalue weighted by Gasteiger charge is -2.14. The van der Waals surface area contributed by atoms with E-state index >= 15 is 0 Å². The van der Waals surface area contributed by atoms with Gasteiger partial charge in [0.2, 0.25) is 0 Å². The van der Waals surface area contributed by atoms with Gasteiger partial charge in [0.05, 0.1) is 27.9 Å². The minimum absolute atomic E-state index is 0.127. The highest BCUT2D eigenvalue weighted by Gasteiger charge is 2.37. The summed E-state index contributed by atoms with van der Waals surface area (Å²) in [6, 6.07) is 30.4. The first kappa shape index (κ1) is 31.1. The molecule has 0 unspecified atom stereocenters. The summed E-state index contributed by atoms with van der Waals surface area (Å²) in [6.07, 6.45) is 0. The maximum absolute atomic E-state index is 13.2. The maximum Gasteiger partial charge on any atom is 0.343 e. The van der Waals surface area contributed by atoms with E-state index in [1.807, 2.05) is 19.1 Å². The Balaban J connectivity index is 1.04. The third-order valence-corrected chi connectivity index (χ3v) is 7.81. The van der Waals surface area contributed by atoms with E-state index in [1.54, 1.807) is 42.5 Å². The molecule has 0 N–H and O–H groups in total. The average Bonchev–Trinajstić information content (AvgIpc) is 3.33. The van der Waals surface area contributed by atoms with Crippen molar-refractivity contribution in [1.29, 1.82) is 0 Å². The molecule has 6 rings (SSSR count). The minimum atomic E-state index is -0.759. The number of ether oxygens (including phenoxy) is 3. The molecule has 0 radical (unpaired) electrons. The van der Waals surface area contributed by atoms with Crippen LogP contribution in [0.3, 0.4) is 0 Å². The molecular weight excluding hydrogens is 666 g/mol. The molecule has 10 heteroatoms. The van der Waals surface area contributed by atoms with E-state index in [2.05, 4.69) is 15.9 Å². The summed E-state index contributed by atoms with van der Waals surface area (Å²) in [4.78, 5) is 65.0. The Morgan fingerprint density at radius 1 is 0.617 bits per heavy atom. The summed E-state index contributed by atoms with van der Waals surface area (Å²) in [5.41, 5.74) is 2.50. The normalized spacial score (nSPS) is 12.0. The van der Waals surface area contributed by atoms with Gasteiger partial charge in [-0.1, -0.05) is 33.6 Å². The molecule has 0 aliphatic carbocycles. The zero-order valence-electron chi connectivity index (χ0n) is 24.8. The van der Waals surface area contributed by atoms with E-state index in [0.717, 1.165) is 14.9 Å². The predicted octanol–water partition coefficient (Wildman–Crippen LogP) is 7.61. The van der Waals surface area contributed by atoms with Crippen LogP contribution in [0.25, 0.3) is 0 Å². The first-order chi connectivity index (χ1) is 22.7. The van der Waals surface area contributed by atoms with Crippen LogP contribution in [0.4, 0.5) is 5.69 Å². The molecule has 1 heterocycles. The number of ketones is 1. The van der Waals surface area contributed by atoms with Gasteiger partial charge in [-0.2, -0.15) is 0 Å². The number of nitrogens with zero attached hydrogens (tertiary/aromatic N) is 1. The summed E-state index contributed by atoms with van der Waals surface area (Å²) >= 11 is 3.37. The molecule has 5 aromatic carbocycles. The number of halogens is 1. The van der Waals surface area contributed by atoms with E-state index in [9.17, 15) is 24.0 Å². The topological polar surface area (TPSA) is 116 Å². The molecule has 1 aliphatic heterocycles. The van der Waals surface area contributed by atoms with Crippen molar-refractivity contribution in [2.24, 2.45) is 0 Å². The predicted molar refractivity (Wildman–Crippen MR) is 175 cm³/mol. The Morgan fingerprint density at radius 3 is 1.85 bits per heavy atom. The molecule has 0 atom stereocenters. The van der Waals surface area contributed by atoms with Crippen LogP contribution in [0.2, 0.25) is 0 Å². The van der Waals surface area contributed by atoms with Gasteiger partial charge < -0.3 is 14.2 Å². The lowest BCUT2D eigenvalue weighted by Crippen LogP contribution is -2.29. The Bertz CT molecular complexity index is 2020. The third-order valence-electron chi connectivity index (χ3n) is 7.28. The van der Waals surface area contributed by atoms with E-state index < -0.39 is 36.1 Å². The van der Waals surface area contributed by atoms with Crippen LogP contribution < -0.4 is 14.4 Å². The van der Waals surface area contributed by atoms with Gasteiger partial charge in [0.15, 0.2) is 12.4 Å². The molecule has 0 saturated carbocycles. The number of hydrogen-bond acceptors (Lipinski definition) is 8. The van der Waals surface area contributed by atoms with Crippen LogP contribution in [-0.2, 0) is 4.74 Å². The van der Waals surface area contributed by atoms with Gasteiger partial charge >= 0.3 is 11.9 Å². The van der Waals surface area contributed by atoms with Crippen molar-refractivity contribution in [3.63, 3.8) is 0 Å². The summed E-state index contributed by atoms with van der Waals surface area (Å²) in [5.74, 6) is -1.54. The summed E-state index contributed by atoms with van der Waals surface area (Å²) in [7, 11) is 0. The van der Waals surface area contributed by atoms with Gasteiger partial charge in [-0.15, -0.1) is 0 Å². The zero-order valence-corrected chi connectivity index (χ0v) is 26.4. The van der Waals surface area contributed by atoms with Crippen LogP contribution in [-0.4, -0.2) is 36.1 Å². The van der Waals surface area contributed by atoms with Gasteiger partial charge in [0.25, 0.3) is 11.8 Å². The number of fused-ring (bicyclic) bond motifs is 1. The number of esters is 2. The number of anilines is 1. The Hall–Kier alpha value is -5.87. The van der Waals surface area contributed by atoms with E-state index in [0.29, 0.717) is 17.1 Å². The molecule has 0 aromatic heterocycles. The van der Waals surface area contributed by atoms with Crippen LogP contribution in [0.5, 0.6) is 17.2 Å². The van der Waals surface area contributed by atoms with Crippen molar-refractivity contribution < 1.29 is 38.2 Å². The second-order valence-electron chi connectivity index (χ2n) is 10.5. The highest BCUT2D eigenvalue weighted by Crippen LogP contribution is 2.33. The molecule has 0 spiro atoms. The molecule has 0 bridgehead atoms. The van der Waals surface area contributed by atoms with Gasteiger partial charge in [-0.25, -0.2) is 14.5 Å². The number of amides is 2. The van der Waals surface area contributed by atoms with Crippen molar-refractivity contribution in [2.45, 2.75) is 6.92 Å². The fourth-order valence-corrected chi connectivity index (χ4v) is 5.03. The minimum Gasteiger partial charge on any atom is -0.457 e. The molecule has 0 fully saturated rings. The fourth-order valence-electron chi connectivity index (χ4n) is 4.77. The second kappa shape index (κ2) is 13.2. The lowest BCUT2D eigenvalue weighted by atomic mass is 10.1. The molecular formula is C37H24BrNO8. The third kappa shape index (κ3) is 6.87. The fraction of sp³-hybridized carbons (Fsp3) is 0.0541. The molecule has 232 valence electrons. The van der Waals surface area contributed by atoms with Gasteiger partial charge in [-0.05, 0) is 110 Å². The summed E-state index contributed by atoms with van der Waals surface area (Å²) in [6.45, 7) is 1.39. The quantitative estimate of drug-likeness (QED) is 0.0672. The molecule has 0 saturated heterocycles. The van der Waals surface area contributed by atoms with Crippen molar-refractivity contribution in [1.82, 2.24) is 0 Å². The molecule has 9 nitrogen and oxygen atoms in total. The van der Waals surface area contributed by atoms with E-state index in [4.69, 9.17) is 14.2 Å². The number of imide groups is 1. The second-order valence-corrected chi connectivity index (χ2v) is 11.5. The van der Waals surface area contributed by atoms with Gasteiger partial charge in [0.1, 0.15) is 17.2 Å². The molecule has 1 aliphatic rings. The number of benzene rings is 5. The smallest absolute Gasteiger partial charge is 0.343 e. The monoisotopic (exact) mass is 689 g/mol. The van der Waals surface area contributed by atoms with E-state index in [-0.39, 0.29) is 33.7 Å². The number of hydrogen-bond donors (Lipinski definition) is 0. The molecule has 2 amide bonds. The standard InChI is InChI=1S/C37H24BrNO8/c1-22-2-4-25(5-3-22)37(44)47-29-14-8-23(9-15-29)33(40)21-45-36(43)24-6-12-27(13-7-24)39-34(41)31-19-18-30(20-32(31)35(39)42)46-28-16-10-26(38)11-17-28/h2-20H,21H2,1H3. The number of carbonyl (C=O) groups is 5.